The Balaban J connectivity index is 1.84. The second kappa shape index (κ2) is 8.14. The van der Waals surface area contributed by atoms with E-state index < -0.39 is 12.1 Å². The van der Waals surface area contributed by atoms with Gasteiger partial charge in [0.25, 0.3) is 11.8 Å². The van der Waals surface area contributed by atoms with Crippen molar-refractivity contribution in [3.63, 3.8) is 0 Å². The van der Waals surface area contributed by atoms with Crippen molar-refractivity contribution in [2.24, 2.45) is 0 Å². The highest BCUT2D eigenvalue weighted by Crippen LogP contribution is 2.41. The molecule has 0 bridgehead atoms. The number of thioether (sulfide) groups is 1. The van der Waals surface area contributed by atoms with Crippen LogP contribution in [0.4, 0.5) is 0 Å². The fourth-order valence-electron chi connectivity index (χ4n) is 3.14. The van der Waals surface area contributed by atoms with E-state index in [1.165, 1.54) is 30.7 Å². The number of β-lactam (4-membered cyclic amide) rings is 1. The Bertz CT molecular complexity index is 780. The molecule has 0 saturated carbocycles. The number of rotatable bonds is 6. The van der Waals surface area contributed by atoms with Crippen molar-refractivity contribution >= 4 is 29.5 Å². The van der Waals surface area contributed by atoms with Gasteiger partial charge >= 0.3 is 5.97 Å². The zero-order valence-electron chi connectivity index (χ0n) is 15.4. The second-order valence-electron chi connectivity index (χ2n) is 6.40. The van der Waals surface area contributed by atoms with E-state index in [0.29, 0.717) is 11.3 Å². The van der Waals surface area contributed by atoms with Crippen LogP contribution in [0.2, 0.25) is 0 Å². The molecule has 1 saturated heterocycles. The fourth-order valence-corrected chi connectivity index (χ4v) is 4.49. The third-order valence-electron chi connectivity index (χ3n) is 4.56. The number of carbonyl (C=O) groups is 3. The molecule has 1 aromatic carbocycles. The summed E-state index contributed by atoms with van der Waals surface area (Å²) in [5.41, 5.74) is 1.84. The van der Waals surface area contributed by atoms with Crippen molar-refractivity contribution in [2.45, 2.75) is 31.4 Å². The summed E-state index contributed by atoms with van der Waals surface area (Å²) in [6, 6.07) is 9.33. The molecule has 7 nitrogen and oxygen atoms in total. The Morgan fingerprint density at radius 3 is 2.67 bits per heavy atom. The van der Waals surface area contributed by atoms with Gasteiger partial charge in [-0.05, 0) is 12.5 Å². The maximum Gasteiger partial charge on any atom is 0.302 e. The van der Waals surface area contributed by atoms with Crippen LogP contribution < -0.4 is 5.32 Å². The van der Waals surface area contributed by atoms with Crippen molar-refractivity contribution < 1.29 is 23.9 Å². The second-order valence-corrected chi connectivity index (χ2v) is 7.51. The quantitative estimate of drug-likeness (QED) is 0.587. The number of methoxy groups -OCH3 is 1. The Hall–Kier alpha value is -2.32. The van der Waals surface area contributed by atoms with Gasteiger partial charge in [-0.2, -0.15) is 0 Å². The normalized spacial score (nSPS) is 22.6. The first-order valence-corrected chi connectivity index (χ1v) is 9.67. The fraction of sp³-hybridized carbons (Fsp3) is 0.421. The van der Waals surface area contributed by atoms with Crippen molar-refractivity contribution in [3.8, 4) is 0 Å². The summed E-state index contributed by atoms with van der Waals surface area (Å²) >= 11 is 1.50. The maximum atomic E-state index is 13.0. The zero-order chi connectivity index (χ0) is 19.6. The van der Waals surface area contributed by atoms with Crippen LogP contribution >= 0.6 is 11.8 Å². The Morgan fingerprint density at radius 1 is 1.33 bits per heavy atom. The Morgan fingerprint density at radius 2 is 2.04 bits per heavy atom. The molecular weight excluding hydrogens is 368 g/mol. The van der Waals surface area contributed by atoms with Crippen LogP contribution in [0, 0.1) is 0 Å². The van der Waals surface area contributed by atoms with Crippen LogP contribution in [0.3, 0.4) is 0 Å². The first-order valence-electron chi connectivity index (χ1n) is 8.62. The number of nitrogens with zero attached hydrogens (tertiary/aromatic N) is 1. The van der Waals surface area contributed by atoms with Crippen LogP contribution in [0.15, 0.2) is 41.6 Å². The minimum absolute atomic E-state index is 0.0149. The molecule has 8 heteroatoms. The molecular formula is C19H22N2O5S. The molecule has 3 rings (SSSR count). The number of hydrogen-bond acceptors (Lipinski definition) is 6. The molecule has 0 unspecified atom stereocenters. The topological polar surface area (TPSA) is 84.9 Å². The lowest BCUT2D eigenvalue weighted by Gasteiger charge is -2.49. The van der Waals surface area contributed by atoms with Crippen molar-refractivity contribution in [1.82, 2.24) is 10.2 Å². The molecule has 2 amide bonds. The van der Waals surface area contributed by atoms with Gasteiger partial charge in [0.2, 0.25) is 0 Å². The number of nitrogens with one attached hydrogen (secondary N) is 1. The maximum absolute atomic E-state index is 13.0. The third kappa shape index (κ3) is 3.86. The number of benzene rings is 1. The van der Waals surface area contributed by atoms with Gasteiger partial charge in [-0.15, -0.1) is 11.8 Å². The third-order valence-corrected chi connectivity index (χ3v) is 5.88. The molecule has 0 spiro atoms. The SMILES string of the molecule is CO[C@H]1C(=O)N2C(C(=O)N[C@H](C)c3ccccc3)=C(COC(C)=O)CS[C@H]12. The van der Waals surface area contributed by atoms with E-state index in [9.17, 15) is 14.4 Å². The summed E-state index contributed by atoms with van der Waals surface area (Å²) in [5, 5.41) is 2.70. The van der Waals surface area contributed by atoms with E-state index in [4.69, 9.17) is 9.47 Å². The number of amides is 2. The molecule has 144 valence electrons. The number of esters is 1. The lowest BCUT2D eigenvalue weighted by molar-refractivity contribution is -0.160. The van der Waals surface area contributed by atoms with Crippen molar-refractivity contribution in [3.05, 3.63) is 47.2 Å². The van der Waals surface area contributed by atoms with E-state index in [1.807, 2.05) is 37.3 Å². The average molecular weight is 390 g/mol. The molecule has 0 radical (unpaired) electrons. The predicted octanol–water partition coefficient (Wildman–Crippen LogP) is 1.61. The largest absolute Gasteiger partial charge is 0.461 e. The van der Waals surface area contributed by atoms with E-state index in [1.54, 1.807) is 0 Å². The average Bonchev–Trinajstić information content (AvgIpc) is 2.66. The first-order chi connectivity index (χ1) is 12.9. The molecule has 1 N–H and O–H groups in total. The summed E-state index contributed by atoms with van der Waals surface area (Å²) in [6.45, 7) is 3.18. The van der Waals surface area contributed by atoms with Gasteiger partial charge in [-0.3, -0.25) is 19.3 Å². The Kier molecular flexibility index (Phi) is 5.86. The minimum Gasteiger partial charge on any atom is -0.461 e. The highest BCUT2D eigenvalue weighted by molar-refractivity contribution is 8.00. The number of hydrogen-bond donors (Lipinski definition) is 1. The molecule has 1 aromatic rings. The smallest absolute Gasteiger partial charge is 0.302 e. The number of ether oxygens (including phenoxy) is 2. The number of carbonyl (C=O) groups excluding carboxylic acids is 3. The van der Waals surface area contributed by atoms with Crippen molar-refractivity contribution in [1.29, 1.82) is 0 Å². The van der Waals surface area contributed by atoms with Gasteiger partial charge in [0.1, 0.15) is 17.7 Å². The van der Waals surface area contributed by atoms with Gasteiger partial charge in [-0.1, -0.05) is 30.3 Å². The first kappa shape index (κ1) is 19.4. The van der Waals surface area contributed by atoms with E-state index >= 15 is 0 Å². The van der Waals surface area contributed by atoms with E-state index in [-0.39, 0.29) is 35.5 Å². The molecule has 27 heavy (non-hydrogen) atoms. The molecule has 3 atom stereocenters. The molecule has 0 aromatic heterocycles. The molecule has 2 aliphatic heterocycles. The monoisotopic (exact) mass is 390 g/mol. The van der Waals surface area contributed by atoms with Gasteiger partial charge in [0.05, 0.1) is 6.04 Å². The van der Waals surface area contributed by atoms with Crippen LogP contribution in [-0.2, 0) is 23.9 Å². The summed E-state index contributed by atoms with van der Waals surface area (Å²) in [6.07, 6.45) is -0.556. The van der Waals surface area contributed by atoms with E-state index in [0.717, 1.165) is 5.56 Å². The summed E-state index contributed by atoms with van der Waals surface area (Å²) in [5.74, 6) is -0.560. The lowest BCUT2D eigenvalue weighted by Crippen LogP contribution is -2.66. The zero-order valence-corrected chi connectivity index (χ0v) is 16.2. The van der Waals surface area contributed by atoms with Crippen LogP contribution in [0.5, 0.6) is 0 Å². The van der Waals surface area contributed by atoms with Gasteiger partial charge < -0.3 is 14.8 Å². The standard InChI is InChI=1S/C19H22N2O5S/c1-11(13-7-5-4-6-8-13)20-17(23)15-14(9-26-12(2)22)10-27-19-16(25-3)18(24)21(15)19/h4-8,11,16,19H,9-10H2,1-3H3,(H,20,23)/t11-,16+,19-/m1/s1. The van der Waals surface area contributed by atoms with Gasteiger partial charge in [-0.25, -0.2) is 0 Å². The molecule has 2 aliphatic rings. The molecule has 2 heterocycles. The molecule has 1 fully saturated rings. The Labute approximate surface area is 162 Å². The predicted molar refractivity (Wildman–Crippen MR) is 101 cm³/mol. The summed E-state index contributed by atoms with van der Waals surface area (Å²) in [4.78, 5) is 38.1. The van der Waals surface area contributed by atoms with Crippen LogP contribution in [-0.4, -0.2) is 53.6 Å². The van der Waals surface area contributed by atoms with Gasteiger partial charge in [0, 0.05) is 25.4 Å². The summed E-state index contributed by atoms with van der Waals surface area (Å²) < 4.78 is 10.3. The minimum atomic E-state index is -0.556. The highest BCUT2D eigenvalue weighted by atomic mass is 32.2. The van der Waals surface area contributed by atoms with Crippen molar-refractivity contribution in [2.75, 3.05) is 19.5 Å². The van der Waals surface area contributed by atoms with E-state index in [2.05, 4.69) is 5.32 Å². The van der Waals surface area contributed by atoms with Gasteiger partial charge in [0.15, 0.2) is 6.10 Å². The van der Waals surface area contributed by atoms with Crippen LogP contribution in [0.25, 0.3) is 0 Å². The highest BCUT2D eigenvalue weighted by Gasteiger charge is 2.54. The summed E-state index contributed by atoms with van der Waals surface area (Å²) in [7, 11) is 1.48. The lowest BCUT2D eigenvalue weighted by atomic mass is 10.0. The molecule has 0 aliphatic carbocycles. The van der Waals surface area contributed by atoms with Crippen LogP contribution in [0.1, 0.15) is 25.5 Å². The number of fused-ring (bicyclic) bond motifs is 1.